The van der Waals surface area contributed by atoms with Gasteiger partial charge in [0.05, 0.1) is 18.7 Å². The van der Waals surface area contributed by atoms with Crippen molar-refractivity contribution in [3.8, 4) is 0 Å². The number of carboxylic acid groups (broad SMARTS) is 1. The molecule has 174 valence electrons. The molecular formula is C25H27Cl2N3O3. The fourth-order valence-electron chi connectivity index (χ4n) is 3.63. The van der Waals surface area contributed by atoms with E-state index in [9.17, 15) is 14.7 Å². The first kappa shape index (κ1) is 24.8. The number of halogens is 2. The Balaban J connectivity index is 1.82. The predicted octanol–water partition coefficient (Wildman–Crippen LogP) is 4.94. The molecule has 1 heterocycles. The zero-order valence-electron chi connectivity index (χ0n) is 18.4. The molecule has 0 aliphatic carbocycles. The van der Waals surface area contributed by atoms with Crippen LogP contribution in [-0.4, -0.2) is 32.6 Å². The number of nitrogens with zero attached hydrogens (tertiary/aromatic N) is 2. The molecule has 1 aromatic heterocycles. The Morgan fingerprint density at radius 1 is 1.09 bits per heavy atom. The van der Waals surface area contributed by atoms with Crippen molar-refractivity contribution >= 4 is 35.1 Å². The Morgan fingerprint density at radius 2 is 1.79 bits per heavy atom. The van der Waals surface area contributed by atoms with E-state index in [0.29, 0.717) is 23.7 Å². The topological polar surface area (TPSA) is 84.2 Å². The van der Waals surface area contributed by atoms with Gasteiger partial charge < -0.3 is 15.0 Å². The number of aromatic nitrogens is 2. The van der Waals surface area contributed by atoms with Crippen LogP contribution >= 0.6 is 23.2 Å². The monoisotopic (exact) mass is 487 g/mol. The second kappa shape index (κ2) is 11.9. The Hall–Kier alpha value is -2.83. The largest absolute Gasteiger partial charge is 0.480 e. The molecule has 6 nitrogen and oxygen atoms in total. The second-order valence-corrected chi connectivity index (χ2v) is 8.64. The van der Waals surface area contributed by atoms with Gasteiger partial charge in [-0.15, -0.1) is 0 Å². The van der Waals surface area contributed by atoms with Gasteiger partial charge in [0.25, 0.3) is 0 Å². The number of carbonyl (C=O) groups excluding carboxylic acids is 1. The SMILES string of the molecule is CCCCc1nc(Cl)c(CC(=O)N[C@@H](Cc2ccccc2)C(=O)O)n1Cc1ccccc1Cl. The molecule has 0 aliphatic rings. The molecule has 0 saturated carbocycles. The number of amides is 1. The number of imidazole rings is 1. The average molecular weight is 488 g/mol. The maximum atomic E-state index is 12.9. The number of aryl methyl sites for hydroxylation is 1. The molecule has 2 aromatic carbocycles. The molecular weight excluding hydrogens is 461 g/mol. The van der Waals surface area contributed by atoms with Crippen molar-refractivity contribution in [2.75, 3.05) is 0 Å². The van der Waals surface area contributed by atoms with Crippen molar-refractivity contribution in [1.29, 1.82) is 0 Å². The zero-order valence-corrected chi connectivity index (χ0v) is 19.9. The average Bonchev–Trinajstić information content (AvgIpc) is 3.08. The van der Waals surface area contributed by atoms with E-state index in [1.807, 2.05) is 59.2 Å². The zero-order chi connectivity index (χ0) is 23.8. The number of carboxylic acids is 1. The number of aliphatic carboxylic acids is 1. The van der Waals surface area contributed by atoms with Crippen molar-refractivity contribution in [3.63, 3.8) is 0 Å². The van der Waals surface area contributed by atoms with Crippen LogP contribution in [0, 0.1) is 0 Å². The van der Waals surface area contributed by atoms with Crippen LogP contribution in [-0.2, 0) is 35.4 Å². The smallest absolute Gasteiger partial charge is 0.326 e. The summed E-state index contributed by atoms with van der Waals surface area (Å²) in [7, 11) is 0. The van der Waals surface area contributed by atoms with Gasteiger partial charge in [0.15, 0.2) is 5.15 Å². The fourth-order valence-corrected chi connectivity index (χ4v) is 4.09. The van der Waals surface area contributed by atoms with Gasteiger partial charge in [0.2, 0.25) is 5.91 Å². The van der Waals surface area contributed by atoms with Crippen molar-refractivity contribution in [2.45, 2.75) is 51.6 Å². The Kier molecular flexibility index (Phi) is 8.92. The number of rotatable bonds is 11. The minimum absolute atomic E-state index is 0.0824. The van der Waals surface area contributed by atoms with E-state index in [1.165, 1.54) is 0 Å². The van der Waals surface area contributed by atoms with Crippen LogP contribution in [0.1, 0.15) is 42.4 Å². The van der Waals surface area contributed by atoms with Gasteiger partial charge in [-0.25, -0.2) is 9.78 Å². The van der Waals surface area contributed by atoms with Crippen LogP contribution in [0.4, 0.5) is 0 Å². The maximum absolute atomic E-state index is 12.9. The Labute approximate surface area is 203 Å². The van der Waals surface area contributed by atoms with Gasteiger partial charge in [-0.3, -0.25) is 4.79 Å². The number of benzene rings is 2. The van der Waals surface area contributed by atoms with E-state index in [1.54, 1.807) is 0 Å². The summed E-state index contributed by atoms with van der Waals surface area (Å²) in [5.41, 5.74) is 2.26. The summed E-state index contributed by atoms with van der Waals surface area (Å²) in [6.45, 7) is 2.52. The first-order valence-corrected chi connectivity index (χ1v) is 11.7. The fraction of sp³-hybridized carbons (Fsp3) is 0.320. The van der Waals surface area contributed by atoms with Gasteiger partial charge in [-0.2, -0.15) is 0 Å². The number of nitrogens with one attached hydrogen (secondary N) is 1. The van der Waals surface area contributed by atoms with Gasteiger partial charge in [-0.05, 0) is 23.6 Å². The highest BCUT2D eigenvalue weighted by atomic mass is 35.5. The van der Waals surface area contributed by atoms with E-state index < -0.39 is 17.9 Å². The van der Waals surface area contributed by atoms with E-state index >= 15 is 0 Å². The van der Waals surface area contributed by atoms with Crippen LogP contribution in [0.25, 0.3) is 0 Å². The summed E-state index contributed by atoms with van der Waals surface area (Å²) in [6, 6.07) is 15.6. The third-order valence-electron chi connectivity index (χ3n) is 5.39. The van der Waals surface area contributed by atoms with Gasteiger partial charge >= 0.3 is 5.97 Å². The van der Waals surface area contributed by atoms with Crippen molar-refractivity contribution in [2.24, 2.45) is 0 Å². The molecule has 0 fully saturated rings. The lowest BCUT2D eigenvalue weighted by Crippen LogP contribution is -2.43. The highest BCUT2D eigenvalue weighted by Crippen LogP contribution is 2.24. The summed E-state index contributed by atoms with van der Waals surface area (Å²) in [4.78, 5) is 29.1. The maximum Gasteiger partial charge on any atom is 0.326 e. The van der Waals surface area contributed by atoms with Crippen LogP contribution in [0.3, 0.4) is 0 Å². The molecule has 0 unspecified atom stereocenters. The summed E-state index contributed by atoms with van der Waals surface area (Å²) in [5, 5.41) is 13.1. The summed E-state index contributed by atoms with van der Waals surface area (Å²) in [6.07, 6.45) is 2.75. The molecule has 2 N–H and O–H groups in total. The lowest BCUT2D eigenvalue weighted by atomic mass is 10.1. The third-order valence-corrected chi connectivity index (χ3v) is 6.06. The van der Waals surface area contributed by atoms with Crippen LogP contribution in [0.15, 0.2) is 54.6 Å². The predicted molar refractivity (Wildman–Crippen MR) is 130 cm³/mol. The highest BCUT2D eigenvalue weighted by Gasteiger charge is 2.24. The first-order valence-electron chi connectivity index (χ1n) is 10.9. The second-order valence-electron chi connectivity index (χ2n) is 7.87. The molecule has 3 aromatic rings. The molecule has 8 heteroatoms. The van der Waals surface area contributed by atoms with Crippen LogP contribution in [0.5, 0.6) is 0 Å². The Morgan fingerprint density at radius 3 is 2.45 bits per heavy atom. The minimum Gasteiger partial charge on any atom is -0.480 e. The number of hydrogen-bond donors (Lipinski definition) is 2. The van der Waals surface area contributed by atoms with E-state index in [4.69, 9.17) is 23.2 Å². The van der Waals surface area contributed by atoms with Gasteiger partial charge in [0, 0.05) is 17.9 Å². The summed E-state index contributed by atoms with van der Waals surface area (Å²) in [5.74, 6) is -0.738. The van der Waals surface area contributed by atoms with E-state index in [2.05, 4.69) is 17.2 Å². The molecule has 1 atom stereocenters. The van der Waals surface area contributed by atoms with Gasteiger partial charge in [-0.1, -0.05) is 85.1 Å². The normalized spacial score (nSPS) is 11.8. The molecule has 33 heavy (non-hydrogen) atoms. The van der Waals surface area contributed by atoms with Crippen molar-refractivity contribution in [3.05, 3.63) is 87.4 Å². The van der Waals surface area contributed by atoms with Crippen molar-refractivity contribution < 1.29 is 14.7 Å². The Bertz CT molecular complexity index is 1100. The first-order chi connectivity index (χ1) is 15.9. The highest BCUT2D eigenvalue weighted by molar-refractivity contribution is 6.31. The lowest BCUT2D eigenvalue weighted by molar-refractivity contribution is -0.141. The summed E-state index contributed by atoms with van der Waals surface area (Å²) >= 11 is 12.8. The minimum atomic E-state index is -1.09. The third kappa shape index (κ3) is 6.83. The van der Waals surface area contributed by atoms with Gasteiger partial charge in [0.1, 0.15) is 11.9 Å². The number of carbonyl (C=O) groups is 2. The summed E-state index contributed by atoms with van der Waals surface area (Å²) < 4.78 is 1.92. The van der Waals surface area contributed by atoms with E-state index in [-0.39, 0.29) is 18.0 Å². The van der Waals surface area contributed by atoms with Crippen LogP contribution < -0.4 is 5.32 Å². The van der Waals surface area contributed by atoms with E-state index in [0.717, 1.165) is 29.8 Å². The molecule has 3 rings (SSSR count). The molecule has 0 saturated heterocycles. The standard InChI is InChI=1S/C25H27Cl2N3O3/c1-2-3-13-22-29-24(27)21(30(22)16-18-11-7-8-12-19(18)26)15-23(31)28-20(25(32)33)14-17-9-5-4-6-10-17/h4-12,20H,2-3,13-16H2,1H3,(H,28,31)(H,32,33)/t20-/m0/s1. The molecule has 0 radical (unpaired) electrons. The lowest BCUT2D eigenvalue weighted by Gasteiger charge is -2.16. The molecule has 0 spiro atoms. The quantitative estimate of drug-likeness (QED) is 0.401. The number of hydrogen-bond acceptors (Lipinski definition) is 3. The van der Waals surface area contributed by atoms with Crippen molar-refractivity contribution in [1.82, 2.24) is 14.9 Å². The molecule has 0 bridgehead atoms. The number of unbranched alkanes of at least 4 members (excludes halogenated alkanes) is 1. The van der Waals surface area contributed by atoms with Crippen LogP contribution in [0.2, 0.25) is 10.2 Å². The molecule has 1 amide bonds. The molecule has 0 aliphatic heterocycles.